The Labute approximate surface area is 98.5 Å². The molecule has 0 aliphatic carbocycles. The Bertz CT molecular complexity index is 446. The van der Waals surface area contributed by atoms with Gasteiger partial charge in [0.15, 0.2) is 0 Å². The number of halogens is 3. The van der Waals surface area contributed by atoms with Gasteiger partial charge >= 0.3 is 5.97 Å². The van der Waals surface area contributed by atoms with Crippen LogP contribution in [0.15, 0.2) is 16.6 Å². The lowest BCUT2D eigenvalue weighted by atomic mass is 10.1. The van der Waals surface area contributed by atoms with Crippen LogP contribution in [0.2, 0.25) is 0 Å². The van der Waals surface area contributed by atoms with Crippen LogP contribution in [-0.2, 0) is 9.53 Å². The van der Waals surface area contributed by atoms with Crippen molar-refractivity contribution in [2.45, 2.75) is 6.92 Å². The molecule has 0 atom stereocenters. The van der Waals surface area contributed by atoms with Crippen LogP contribution in [-0.4, -0.2) is 18.4 Å². The van der Waals surface area contributed by atoms with Gasteiger partial charge in [-0.2, -0.15) is 0 Å². The van der Waals surface area contributed by atoms with Gasteiger partial charge in [-0.15, -0.1) is 0 Å². The molecule has 1 aromatic rings. The predicted molar refractivity (Wildman–Crippen MR) is 55.0 cm³/mol. The summed E-state index contributed by atoms with van der Waals surface area (Å²) in [6.45, 7) is 1.49. The van der Waals surface area contributed by atoms with Crippen molar-refractivity contribution < 1.29 is 23.1 Å². The van der Waals surface area contributed by atoms with Crippen molar-refractivity contribution in [3.8, 4) is 0 Å². The van der Waals surface area contributed by atoms with Crippen LogP contribution in [0.1, 0.15) is 17.3 Å². The molecule has 1 rings (SSSR count). The number of ketones is 1. The number of carbonyl (C=O) groups is 2. The van der Waals surface area contributed by atoms with Gasteiger partial charge in [-0.05, 0) is 35.0 Å². The number of hydrogen-bond acceptors (Lipinski definition) is 3. The number of hydrogen-bond donors (Lipinski definition) is 0. The molecule has 0 N–H and O–H groups in total. The van der Waals surface area contributed by atoms with Crippen LogP contribution >= 0.6 is 15.9 Å². The molecule has 0 unspecified atom stereocenters. The standard InChI is InChI=1S/C10H7BrF2O3/c1-2-16-10(15)9(14)6-3-5(12)4-7(11)8(6)13/h3-4H,2H2,1H3. The molecule has 0 spiro atoms. The summed E-state index contributed by atoms with van der Waals surface area (Å²) in [5, 5.41) is 0. The van der Waals surface area contributed by atoms with Gasteiger partial charge in [-0.3, -0.25) is 4.79 Å². The molecular formula is C10H7BrF2O3. The molecule has 0 bridgehead atoms. The highest BCUT2D eigenvalue weighted by Crippen LogP contribution is 2.21. The fourth-order valence-electron chi connectivity index (χ4n) is 1.03. The summed E-state index contributed by atoms with van der Waals surface area (Å²) in [5.74, 6) is -4.22. The van der Waals surface area contributed by atoms with Gasteiger partial charge in [-0.1, -0.05) is 0 Å². The third-order valence-electron chi connectivity index (χ3n) is 1.70. The Morgan fingerprint density at radius 1 is 1.38 bits per heavy atom. The number of carbonyl (C=O) groups excluding carboxylic acids is 2. The molecule has 0 aliphatic heterocycles. The van der Waals surface area contributed by atoms with Crippen LogP contribution in [0.4, 0.5) is 8.78 Å². The molecule has 0 aromatic heterocycles. The Balaban J connectivity index is 3.13. The van der Waals surface area contributed by atoms with E-state index in [9.17, 15) is 18.4 Å². The molecule has 1 aromatic carbocycles. The molecular weight excluding hydrogens is 286 g/mol. The largest absolute Gasteiger partial charge is 0.460 e. The Kier molecular flexibility index (Phi) is 4.12. The fourth-order valence-corrected chi connectivity index (χ4v) is 1.46. The first-order valence-electron chi connectivity index (χ1n) is 4.33. The SMILES string of the molecule is CCOC(=O)C(=O)c1cc(F)cc(Br)c1F. The predicted octanol–water partition coefficient (Wildman–Crippen LogP) is 2.47. The summed E-state index contributed by atoms with van der Waals surface area (Å²) >= 11 is 2.73. The van der Waals surface area contributed by atoms with Gasteiger partial charge in [0.25, 0.3) is 5.78 Å². The third kappa shape index (κ3) is 2.63. The van der Waals surface area contributed by atoms with Crippen LogP contribution < -0.4 is 0 Å². The van der Waals surface area contributed by atoms with Gasteiger partial charge in [0.2, 0.25) is 0 Å². The molecule has 3 nitrogen and oxygen atoms in total. The van der Waals surface area contributed by atoms with Gasteiger partial charge < -0.3 is 4.74 Å². The smallest absolute Gasteiger partial charge is 0.379 e. The topological polar surface area (TPSA) is 43.4 Å². The van der Waals surface area contributed by atoms with E-state index in [1.807, 2.05) is 0 Å². The molecule has 0 aliphatic rings. The van der Waals surface area contributed by atoms with Gasteiger partial charge in [-0.25, -0.2) is 13.6 Å². The third-order valence-corrected chi connectivity index (χ3v) is 2.28. The molecule has 0 heterocycles. The Morgan fingerprint density at radius 2 is 2.00 bits per heavy atom. The second-order valence-electron chi connectivity index (χ2n) is 2.80. The highest BCUT2D eigenvalue weighted by molar-refractivity contribution is 9.10. The van der Waals surface area contributed by atoms with Crippen molar-refractivity contribution in [1.29, 1.82) is 0 Å². The van der Waals surface area contributed by atoms with Crippen molar-refractivity contribution in [3.63, 3.8) is 0 Å². The first kappa shape index (κ1) is 12.8. The zero-order valence-corrected chi connectivity index (χ0v) is 9.81. The quantitative estimate of drug-likeness (QED) is 0.372. The summed E-state index contributed by atoms with van der Waals surface area (Å²) in [4.78, 5) is 22.4. The van der Waals surface area contributed by atoms with Crippen molar-refractivity contribution in [3.05, 3.63) is 33.8 Å². The second kappa shape index (κ2) is 5.16. The molecule has 0 fully saturated rings. The number of benzene rings is 1. The molecule has 0 radical (unpaired) electrons. The molecule has 0 saturated heterocycles. The average molecular weight is 293 g/mol. The number of Topliss-reactive ketones (excluding diaryl/α,β-unsaturated/α-hetero) is 1. The van der Waals surface area contributed by atoms with E-state index in [1.54, 1.807) is 0 Å². The first-order valence-corrected chi connectivity index (χ1v) is 5.12. The lowest BCUT2D eigenvalue weighted by Crippen LogP contribution is -2.19. The molecule has 0 saturated carbocycles. The van der Waals surface area contributed by atoms with Gasteiger partial charge in [0.1, 0.15) is 11.6 Å². The maximum Gasteiger partial charge on any atom is 0.379 e. The van der Waals surface area contributed by atoms with E-state index in [-0.39, 0.29) is 11.1 Å². The molecule has 0 amide bonds. The van der Waals surface area contributed by atoms with Gasteiger partial charge in [0, 0.05) is 0 Å². The molecule has 16 heavy (non-hydrogen) atoms. The zero-order chi connectivity index (χ0) is 12.3. The van der Waals surface area contributed by atoms with E-state index >= 15 is 0 Å². The van der Waals surface area contributed by atoms with E-state index in [4.69, 9.17) is 0 Å². The lowest BCUT2D eigenvalue weighted by Gasteiger charge is -2.04. The maximum atomic E-state index is 13.4. The van der Waals surface area contributed by atoms with Crippen LogP contribution in [0.5, 0.6) is 0 Å². The zero-order valence-electron chi connectivity index (χ0n) is 8.22. The van der Waals surface area contributed by atoms with Crippen molar-refractivity contribution >= 4 is 27.7 Å². The van der Waals surface area contributed by atoms with E-state index in [1.165, 1.54) is 6.92 Å². The highest BCUT2D eigenvalue weighted by Gasteiger charge is 2.23. The van der Waals surface area contributed by atoms with Crippen molar-refractivity contribution in [2.24, 2.45) is 0 Å². The molecule has 86 valence electrons. The van der Waals surface area contributed by atoms with E-state index in [0.717, 1.165) is 6.07 Å². The van der Waals surface area contributed by atoms with Crippen LogP contribution in [0.25, 0.3) is 0 Å². The summed E-state index contributed by atoms with van der Waals surface area (Å²) in [5.41, 5.74) is -0.648. The van der Waals surface area contributed by atoms with E-state index < -0.39 is 29.0 Å². The van der Waals surface area contributed by atoms with Crippen molar-refractivity contribution in [2.75, 3.05) is 6.61 Å². The van der Waals surface area contributed by atoms with Crippen molar-refractivity contribution in [1.82, 2.24) is 0 Å². The highest BCUT2D eigenvalue weighted by atomic mass is 79.9. The normalized spacial score (nSPS) is 10.0. The van der Waals surface area contributed by atoms with E-state index in [0.29, 0.717) is 6.07 Å². The minimum Gasteiger partial charge on any atom is -0.460 e. The fraction of sp³-hybridized carbons (Fsp3) is 0.200. The Hall–Kier alpha value is -1.30. The summed E-state index contributed by atoms with van der Waals surface area (Å²) in [6, 6.07) is 1.51. The number of esters is 1. The van der Waals surface area contributed by atoms with Crippen LogP contribution in [0.3, 0.4) is 0 Å². The maximum absolute atomic E-state index is 13.4. The summed E-state index contributed by atoms with van der Waals surface area (Å²) in [6.07, 6.45) is 0. The monoisotopic (exact) mass is 292 g/mol. The number of rotatable bonds is 3. The summed E-state index contributed by atoms with van der Waals surface area (Å²) in [7, 11) is 0. The Morgan fingerprint density at radius 3 is 2.56 bits per heavy atom. The summed E-state index contributed by atoms with van der Waals surface area (Å²) < 4.78 is 30.5. The second-order valence-corrected chi connectivity index (χ2v) is 3.65. The van der Waals surface area contributed by atoms with Crippen LogP contribution in [0, 0.1) is 11.6 Å². The lowest BCUT2D eigenvalue weighted by molar-refractivity contribution is -0.137. The molecule has 6 heteroatoms. The van der Waals surface area contributed by atoms with E-state index in [2.05, 4.69) is 20.7 Å². The average Bonchev–Trinajstić information content (AvgIpc) is 2.22. The number of ether oxygens (including phenoxy) is 1. The first-order chi connectivity index (χ1) is 7.47. The minimum absolute atomic E-state index is 0.0112. The van der Waals surface area contributed by atoms with Gasteiger partial charge in [0.05, 0.1) is 16.6 Å². The minimum atomic E-state index is -1.21.